The molecule has 1 aromatic carbocycles. The number of carbonyl (C=O) groups excluding carboxylic acids is 1. The van der Waals surface area contributed by atoms with Crippen LogP contribution in [0.5, 0.6) is 11.5 Å². The van der Waals surface area contributed by atoms with E-state index in [1.165, 1.54) is 24.6 Å². The quantitative estimate of drug-likeness (QED) is 0.829. The molecule has 0 aliphatic carbocycles. The Hall–Kier alpha value is -1.80. The number of hydrogen-bond donors (Lipinski definition) is 1. The number of piperidine rings is 1. The first kappa shape index (κ1) is 18.5. The molecule has 1 aromatic rings. The van der Waals surface area contributed by atoms with Gasteiger partial charge in [-0.2, -0.15) is 4.31 Å². The Balaban J connectivity index is 2.19. The molecule has 0 atom stereocenters. The molecule has 7 nitrogen and oxygen atoms in total. The van der Waals surface area contributed by atoms with Gasteiger partial charge in [-0.3, -0.25) is 4.79 Å². The Bertz CT molecular complexity index is 682. The average Bonchev–Trinajstić information content (AvgIpc) is 2.61. The summed E-state index contributed by atoms with van der Waals surface area (Å²) >= 11 is 0. The predicted molar refractivity (Wildman–Crippen MR) is 89.7 cm³/mol. The van der Waals surface area contributed by atoms with Gasteiger partial charge >= 0.3 is 0 Å². The van der Waals surface area contributed by atoms with Gasteiger partial charge in [0, 0.05) is 31.6 Å². The van der Waals surface area contributed by atoms with E-state index in [2.05, 4.69) is 5.32 Å². The van der Waals surface area contributed by atoms with E-state index in [1.807, 2.05) is 6.92 Å². The largest absolute Gasteiger partial charge is 0.497 e. The van der Waals surface area contributed by atoms with Crippen LogP contribution in [0.4, 0.5) is 0 Å². The molecule has 1 aliphatic rings. The van der Waals surface area contributed by atoms with Crippen molar-refractivity contribution < 1.29 is 22.7 Å². The summed E-state index contributed by atoms with van der Waals surface area (Å²) in [5.74, 6) is 0.588. The van der Waals surface area contributed by atoms with Crippen LogP contribution in [-0.2, 0) is 14.8 Å². The lowest BCUT2D eigenvalue weighted by atomic mass is 9.97. The molecule has 24 heavy (non-hydrogen) atoms. The lowest BCUT2D eigenvalue weighted by Gasteiger charge is -2.30. The van der Waals surface area contributed by atoms with Crippen LogP contribution in [0.3, 0.4) is 0 Å². The zero-order valence-electron chi connectivity index (χ0n) is 14.2. The highest BCUT2D eigenvalue weighted by Crippen LogP contribution is 2.32. The zero-order valence-corrected chi connectivity index (χ0v) is 15.1. The summed E-state index contributed by atoms with van der Waals surface area (Å²) in [5.41, 5.74) is 0. The molecule has 0 radical (unpaired) electrons. The van der Waals surface area contributed by atoms with Gasteiger partial charge in [0.1, 0.15) is 16.4 Å². The third-order valence-electron chi connectivity index (χ3n) is 4.16. The molecule has 1 aliphatic heterocycles. The minimum absolute atomic E-state index is 0.00601. The molecule has 8 heteroatoms. The second-order valence-electron chi connectivity index (χ2n) is 5.59. The molecular weight excluding hydrogens is 332 g/mol. The van der Waals surface area contributed by atoms with E-state index < -0.39 is 10.0 Å². The highest BCUT2D eigenvalue weighted by atomic mass is 32.2. The second-order valence-corrected chi connectivity index (χ2v) is 7.50. The summed E-state index contributed by atoms with van der Waals surface area (Å²) < 4.78 is 37.6. The molecule has 0 saturated carbocycles. The van der Waals surface area contributed by atoms with E-state index in [0.717, 1.165) is 0 Å². The van der Waals surface area contributed by atoms with Gasteiger partial charge in [-0.1, -0.05) is 0 Å². The molecule has 134 valence electrons. The summed E-state index contributed by atoms with van der Waals surface area (Å²) in [7, 11) is -0.787. The number of carbonyl (C=O) groups is 1. The first-order valence-electron chi connectivity index (χ1n) is 7.94. The lowest BCUT2D eigenvalue weighted by molar-refractivity contribution is -0.126. The van der Waals surface area contributed by atoms with Crippen LogP contribution in [0.1, 0.15) is 19.8 Å². The van der Waals surface area contributed by atoms with Crippen molar-refractivity contribution in [2.75, 3.05) is 33.9 Å². The maximum absolute atomic E-state index is 12.9. The molecule has 0 aromatic heterocycles. The van der Waals surface area contributed by atoms with E-state index >= 15 is 0 Å². The van der Waals surface area contributed by atoms with E-state index in [0.29, 0.717) is 38.2 Å². The maximum Gasteiger partial charge on any atom is 0.246 e. The van der Waals surface area contributed by atoms with Gasteiger partial charge in [0.15, 0.2) is 0 Å². The first-order chi connectivity index (χ1) is 11.4. The Morgan fingerprint density at radius 2 is 1.92 bits per heavy atom. The van der Waals surface area contributed by atoms with Gasteiger partial charge in [0.25, 0.3) is 0 Å². The molecule has 0 unspecified atom stereocenters. The van der Waals surface area contributed by atoms with Crippen molar-refractivity contribution >= 4 is 15.9 Å². The Labute approximate surface area is 143 Å². The number of nitrogens with zero attached hydrogens (tertiary/aromatic N) is 1. The number of sulfonamides is 1. The van der Waals surface area contributed by atoms with E-state index in [1.54, 1.807) is 12.1 Å². The monoisotopic (exact) mass is 356 g/mol. The summed E-state index contributed by atoms with van der Waals surface area (Å²) in [6.07, 6.45) is 1.02. The minimum Gasteiger partial charge on any atom is -0.497 e. The Morgan fingerprint density at radius 3 is 2.46 bits per heavy atom. The molecule has 1 N–H and O–H groups in total. The number of rotatable bonds is 6. The van der Waals surface area contributed by atoms with Crippen molar-refractivity contribution in [1.82, 2.24) is 9.62 Å². The van der Waals surface area contributed by atoms with Gasteiger partial charge < -0.3 is 14.8 Å². The van der Waals surface area contributed by atoms with Gasteiger partial charge in [0.05, 0.1) is 14.2 Å². The highest BCUT2D eigenvalue weighted by molar-refractivity contribution is 7.89. The maximum atomic E-state index is 12.9. The summed E-state index contributed by atoms with van der Waals surface area (Å²) in [6, 6.07) is 4.69. The Morgan fingerprint density at radius 1 is 1.25 bits per heavy atom. The van der Waals surface area contributed by atoms with Crippen molar-refractivity contribution in [2.45, 2.75) is 24.7 Å². The number of hydrogen-bond acceptors (Lipinski definition) is 5. The van der Waals surface area contributed by atoms with Gasteiger partial charge in [-0.15, -0.1) is 0 Å². The highest BCUT2D eigenvalue weighted by Gasteiger charge is 2.33. The fraction of sp³-hybridized carbons (Fsp3) is 0.562. The van der Waals surface area contributed by atoms with E-state index in [4.69, 9.17) is 9.47 Å². The van der Waals surface area contributed by atoms with Crippen molar-refractivity contribution in [3.63, 3.8) is 0 Å². The molecular formula is C16H24N2O5S. The molecule has 0 bridgehead atoms. The van der Waals surface area contributed by atoms with Crippen LogP contribution in [0.25, 0.3) is 0 Å². The normalized spacial score (nSPS) is 16.6. The predicted octanol–water partition coefficient (Wildman–Crippen LogP) is 1.24. The zero-order chi connectivity index (χ0) is 17.7. The summed E-state index contributed by atoms with van der Waals surface area (Å²) in [6.45, 7) is 3.07. The summed E-state index contributed by atoms with van der Waals surface area (Å²) in [5, 5.41) is 2.79. The standard InChI is InChI=1S/C16H24N2O5S/c1-4-17-16(19)12-7-9-18(10-8-12)24(20,21)15-11-13(22-2)5-6-14(15)23-3/h5-6,11-12H,4,7-10H2,1-3H3,(H,17,19). The van der Waals surface area contributed by atoms with Gasteiger partial charge in [0.2, 0.25) is 15.9 Å². The van der Waals surface area contributed by atoms with Crippen molar-refractivity contribution in [3.8, 4) is 11.5 Å². The lowest BCUT2D eigenvalue weighted by Crippen LogP contribution is -2.43. The number of methoxy groups -OCH3 is 2. The van der Waals surface area contributed by atoms with E-state index in [9.17, 15) is 13.2 Å². The van der Waals surface area contributed by atoms with Crippen LogP contribution in [-0.4, -0.2) is 52.5 Å². The molecule has 1 fully saturated rings. The third-order valence-corrected chi connectivity index (χ3v) is 6.08. The fourth-order valence-electron chi connectivity index (χ4n) is 2.80. The number of benzene rings is 1. The molecule has 1 saturated heterocycles. The van der Waals surface area contributed by atoms with Crippen LogP contribution >= 0.6 is 0 Å². The van der Waals surface area contributed by atoms with Crippen molar-refractivity contribution in [2.24, 2.45) is 5.92 Å². The van der Waals surface area contributed by atoms with Crippen molar-refractivity contribution in [1.29, 1.82) is 0 Å². The average molecular weight is 356 g/mol. The summed E-state index contributed by atoms with van der Waals surface area (Å²) in [4.78, 5) is 12.0. The first-order valence-corrected chi connectivity index (χ1v) is 9.38. The van der Waals surface area contributed by atoms with Gasteiger partial charge in [-0.05, 0) is 31.9 Å². The smallest absolute Gasteiger partial charge is 0.246 e. The van der Waals surface area contributed by atoms with Gasteiger partial charge in [-0.25, -0.2) is 8.42 Å². The van der Waals surface area contributed by atoms with Crippen LogP contribution in [0.2, 0.25) is 0 Å². The third kappa shape index (κ3) is 3.81. The van der Waals surface area contributed by atoms with Crippen molar-refractivity contribution in [3.05, 3.63) is 18.2 Å². The molecule has 2 rings (SSSR count). The number of amides is 1. The second kappa shape index (κ2) is 7.85. The number of ether oxygens (including phenoxy) is 2. The van der Waals surface area contributed by atoms with E-state index in [-0.39, 0.29) is 22.5 Å². The number of nitrogens with one attached hydrogen (secondary N) is 1. The Kier molecular flexibility index (Phi) is 6.06. The van der Waals surface area contributed by atoms with Crippen LogP contribution in [0.15, 0.2) is 23.1 Å². The van der Waals surface area contributed by atoms with Crippen LogP contribution in [0, 0.1) is 5.92 Å². The molecule has 1 heterocycles. The molecule has 0 spiro atoms. The minimum atomic E-state index is -3.70. The van der Waals surface area contributed by atoms with Crippen LogP contribution < -0.4 is 14.8 Å². The topological polar surface area (TPSA) is 84.9 Å². The molecule has 1 amide bonds. The fourth-order valence-corrected chi connectivity index (χ4v) is 4.44. The SMILES string of the molecule is CCNC(=O)C1CCN(S(=O)(=O)c2cc(OC)ccc2OC)CC1.